The minimum Gasteiger partial charge on any atom is -0.317 e. The molecule has 0 aromatic heterocycles. The van der Waals surface area contributed by atoms with E-state index in [1.54, 1.807) is 0 Å². The Kier molecular flexibility index (Phi) is 14.9. The number of hydrogen-bond acceptors (Lipinski definition) is 4. The average Bonchev–Trinajstić information content (AvgIpc) is 3.34. The fraction of sp³-hybridized carbons (Fsp3) is 1.00. The SMILES string of the molecule is CCCCCNCCCCNCC1CC1CNCCCCNCC. The molecule has 0 amide bonds. The van der Waals surface area contributed by atoms with Gasteiger partial charge in [-0.3, -0.25) is 0 Å². The second-order valence-electron chi connectivity index (χ2n) is 7.39. The predicted octanol–water partition coefficient (Wildman–Crippen LogP) is 2.75. The highest BCUT2D eigenvalue weighted by atomic mass is 14.9. The molecule has 1 rings (SSSR count). The van der Waals surface area contributed by atoms with Crippen molar-refractivity contribution in [2.24, 2.45) is 11.8 Å². The van der Waals surface area contributed by atoms with Gasteiger partial charge >= 0.3 is 0 Å². The van der Waals surface area contributed by atoms with E-state index in [1.165, 1.54) is 97.2 Å². The van der Waals surface area contributed by atoms with E-state index < -0.39 is 0 Å². The van der Waals surface area contributed by atoms with E-state index >= 15 is 0 Å². The van der Waals surface area contributed by atoms with E-state index in [9.17, 15) is 0 Å². The van der Waals surface area contributed by atoms with Crippen molar-refractivity contribution >= 4 is 0 Å². The van der Waals surface area contributed by atoms with Crippen molar-refractivity contribution in [2.75, 3.05) is 52.4 Å². The summed E-state index contributed by atoms with van der Waals surface area (Å²) in [5.41, 5.74) is 0. The Hall–Kier alpha value is -0.160. The monoisotopic (exact) mass is 340 g/mol. The summed E-state index contributed by atoms with van der Waals surface area (Å²) in [5, 5.41) is 14.2. The molecule has 1 aliphatic rings. The Morgan fingerprint density at radius 3 is 1.54 bits per heavy atom. The Morgan fingerprint density at radius 1 is 0.583 bits per heavy atom. The smallest absolute Gasteiger partial charge is 0.00173 e. The molecule has 0 heterocycles. The zero-order valence-electron chi connectivity index (χ0n) is 16.5. The highest BCUT2D eigenvalue weighted by molar-refractivity contribution is 4.89. The van der Waals surface area contributed by atoms with Crippen LogP contribution in [0.2, 0.25) is 0 Å². The first-order valence-corrected chi connectivity index (χ1v) is 10.7. The maximum Gasteiger partial charge on any atom is -0.00173 e. The highest BCUT2D eigenvalue weighted by Gasteiger charge is 2.35. The molecule has 2 unspecified atom stereocenters. The lowest BCUT2D eigenvalue weighted by Crippen LogP contribution is -2.24. The van der Waals surface area contributed by atoms with E-state index in [-0.39, 0.29) is 0 Å². The zero-order chi connectivity index (χ0) is 17.3. The summed E-state index contributed by atoms with van der Waals surface area (Å²) in [6.07, 6.45) is 10.7. The van der Waals surface area contributed by atoms with Crippen LogP contribution < -0.4 is 21.3 Å². The van der Waals surface area contributed by atoms with Crippen LogP contribution in [0, 0.1) is 11.8 Å². The minimum absolute atomic E-state index is 0.937. The van der Waals surface area contributed by atoms with Gasteiger partial charge in [0.1, 0.15) is 0 Å². The molecular formula is C20H44N4. The molecule has 0 aromatic rings. The molecule has 1 aliphatic carbocycles. The van der Waals surface area contributed by atoms with Crippen molar-refractivity contribution in [3.63, 3.8) is 0 Å². The van der Waals surface area contributed by atoms with Crippen molar-refractivity contribution in [1.29, 1.82) is 0 Å². The number of unbranched alkanes of at least 4 members (excludes halogenated alkanes) is 4. The molecule has 0 spiro atoms. The van der Waals surface area contributed by atoms with Crippen molar-refractivity contribution in [3.05, 3.63) is 0 Å². The van der Waals surface area contributed by atoms with Gasteiger partial charge in [-0.1, -0.05) is 26.7 Å². The third kappa shape index (κ3) is 13.2. The van der Waals surface area contributed by atoms with Crippen LogP contribution in [-0.4, -0.2) is 52.4 Å². The highest BCUT2D eigenvalue weighted by Crippen LogP contribution is 2.36. The maximum absolute atomic E-state index is 3.65. The molecule has 4 heteroatoms. The summed E-state index contributed by atoms with van der Waals surface area (Å²) in [7, 11) is 0. The molecule has 2 atom stereocenters. The Balaban J connectivity index is 1.72. The van der Waals surface area contributed by atoms with Gasteiger partial charge in [0.05, 0.1) is 0 Å². The second-order valence-corrected chi connectivity index (χ2v) is 7.39. The fourth-order valence-corrected chi connectivity index (χ4v) is 3.19. The minimum atomic E-state index is 0.937. The summed E-state index contributed by atoms with van der Waals surface area (Å²) < 4.78 is 0. The van der Waals surface area contributed by atoms with Gasteiger partial charge < -0.3 is 21.3 Å². The lowest BCUT2D eigenvalue weighted by Gasteiger charge is -2.07. The van der Waals surface area contributed by atoms with Crippen molar-refractivity contribution in [2.45, 2.75) is 65.2 Å². The third-order valence-corrected chi connectivity index (χ3v) is 5.00. The van der Waals surface area contributed by atoms with Crippen molar-refractivity contribution in [1.82, 2.24) is 21.3 Å². The Labute approximate surface area is 151 Å². The van der Waals surface area contributed by atoms with Gasteiger partial charge in [0.25, 0.3) is 0 Å². The lowest BCUT2D eigenvalue weighted by atomic mass is 10.2. The first-order chi connectivity index (χ1) is 11.9. The molecule has 0 bridgehead atoms. The molecule has 24 heavy (non-hydrogen) atoms. The third-order valence-electron chi connectivity index (χ3n) is 5.00. The Bertz CT molecular complexity index is 260. The molecule has 1 fully saturated rings. The molecule has 0 aromatic carbocycles. The fourth-order valence-electron chi connectivity index (χ4n) is 3.19. The van der Waals surface area contributed by atoms with Crippen molar-refractivity contribution in [3.8, 4) is 0 Å². The zero-order valence-corrected chi connectivity index (χ0v) is 16.5. The molecule has 0 radical (unpaired) electrons. The molecule has 0 saturated heterocycles. The topological polar surface area (TPSA) is 48.1 Å². The van der Waals surface area contributed by atoms with Gasteiger partial charge in [-0.2, -0.15) is 0 Å². The van der Waals surface area contributed by atoms with Crippen LogP contribution in [0.4, 0.5) is 0 Å². The molecule has 144 valence electrons. The normalized spacial score (nSPS) is 19.8. The van der Waals surface area contributed by atoms with Crippen LogP contribution in [0.3, 0.4) is 0 Å². The molecule has 4 N–H and O–H groups in total. The molecular weight excluding hydrogens is 296 g/mol. The van der Waals surface area contributed by atoms with Crippen molar-refractivity contribution < 1.29 is 0 Å². The number of hydrogen-bond donors (Lipinski definition) is 4. The van der Waals surface area contributed by atoms with Crippen LogP contribution in [-0.2, 0) is 0 Å². The predicted molar refractivity (Wildman–Crippen MR) is 107 cm³/mol. The van der Waals surface area contributed by atoms with E-state index in [0.29, 0.717) is 0 Å². The van der Waals surface area contributed by atoms with Crippen LogP contribution in [0.15, 0.2) is 0 Å². The first-order valence-electron chi connectivity index (χ1n) is 10.7. The van der Waals surface area contributed by atoms with Crippen LogP contribution >= 0.6 is 0 Å². The van der Waals surface area contributed by atoms with Gasteiger partial charge in [-0.05, 0) is 103 Å². The number of nitrogens with one attached hydrogen (secondary N) is 4. The summed E-state index contributed by atoms with van der Waals surface area (Å²) in [6, 6.07) is 0. The van der Waals surface area contributed by atoms with Gasteiger partial charge in [0.15, 0.2) is 0 Å². The van der Waals surface area contributed by atoms with Gasteiger partial charge in [0.2, 0.25) is 0 Å². The standard InChI is InChI=1S/C20H44N4/c1-3-5-6-12-22-13-8-10-15-24-18-20-16-19(20)17-23-14-9-7-11-21-4-2/h19-24H,3-18H2,1-2H3. The van der Waals surface area contributed by atoms with Gasteiger partial charge in [-0.15, -0.1) is 0 Å². The van der Waals surface area contributed by atoms with Crippen LogP contribution in [0.25, 0.3) is 0 Å². The second kappa shape index (κ2) is 16.3. The van der Waals surface area contributed by atoms with E-state index in [2.05, 4.69) is 35.1 Å². The average molecular weight is 341 g/mol. The van der Waals surface area contributed by atoms with Gasteiger partial charge in [0, 0.05) is 0 Å². The Morgan fingerprint density at radius 2 is 1.04 bits per heavy atom. The summed E-state index contributed by atoms with van der Waals surface area (Å²) in [5.74, 6) is 1.87. The summed E-state index contributed by atoms with van der Waals surface area (Å²) in [4.78, 5) is 0. The molecule has 0 aliphatic heterocycles. The van der Waals surface area contributed by atoms with E-state index in [1.807, 2.05) is 0 Å². The number of rotatable bonds is 19. The maximum atomic E-state index is 3.65. The van der Waals surface area contributed by atoms with E-state index in [4.69, 9.17) is 0 Å². The van der Waals surface area contributed by atoms with Crippen LogP contribution in [0.5, 0.6) is 0 Å². The molecule has 1 saturated carbocycles. The largest absolute Gasteiger partial charge is 0.317 e. The summed E-state index contributed by atoms with van der Waals surface area (Å²) >= 11 is 0. The summed E-state index contributed by atoms with van der Waals surface area (Å²) in [6.45, 7) is 13.9. The lowest BCUT2D eigenvalue weighted by molar-refractivity contribution is 0.527. The van der Waals surface area contributed by atoms with Crippen LogP contribution in [0.1, 0.15) is 65.2 Å². The quantitative estimate of drug-likeness (QED) is 0.273. The molecule has 4 nitrogen and oxygen atoms in total. The van der Waals surface area contributed by atoms with Gasteiger partial charge in [-0.25, -0.2) is 0 Å². The van der Waals surface area contributed by atoms with E-state index in [0.717, 1.165) is 18.4 Å². The first kappa shape index (κ1) is 21.9.